The topological polar surface area (TPSA) is 30.5 Å². The fourth-order valence-corrected chi connectivity index (χ4v) is 3.07. The van der Waals surface area contributed by atoms with Crippen LogP contribution < -0.4 is 5.32 Å². The Morgan fingerprint density at radius 1 is 1.44 bits per heavy atom. The van der Waals surface area contributed by atoms with Crippen LogP contribution >= 0.6 is 0 Å². The molecule has 1 saturated heterocycles. The lowest BCUT2D eigenvalue weighted by molar-refractivity contribution is -0.0182. The third-order valence-electron chi connectivity index (χ3n) is 4.37. The van der Waals surface area contributed by atoms with Gasteiger partial charge in [-0.3, -0.25) is 0 Å². The van der Waals surface area contributed by atoms with E-state index in [1.165, 1.54) is 25.7 Å². The molecule has 3 unspecified atom stereocenters. The minimum absolute atomic E-state index is 0.0547. The van der Waals surface area contributed by atoms with E-state index in [9.17, 15) is 0 Å². The molecule has 3 atom stereocenters. The zero-order chi connectivity index (χ0) is 11.4. The lowest BCUT2D eigenvalue weighted by Crippen LogP contribution is -2.47. The molecule has 94 valence electrons. The first-order valence-corrected chi connectivity index (χ1v) is 6.66. The number of hydrogen-bond donors (Lipinski definition) is 1. The van der Waals surface area contributed by atoms with Crippen molar-refractivity contribution in [2.24, 2.45) is 5.92 Å². The van der Waals surface area contributed by atoms with Crippen LogP contribution in [0, 0.1) is 5.92 Å². The second kappa shape index (κ2) is 5.48. The molecule has 2 aliphatic rings. The summed E-state index contributed by atoms with van der Waals surface area (Å²) in [6.07, 6.45) is 6.44. The molecule has 1 heterocycles. The highest BCUT2D eigenvalue weighted by Crippen LogP contribution is 2.29. The van der Waals surface area contributed by atoms with Gasteiger partial charge in [0.1, 0.15) is 5.60 Å². The molecule has 1 saturated carbocycles. The van der Waals surface area contributed by atoms with Crippen molar-refractivity contribution < 1.29 is 9.47 Å². The summed E-state index contributed by atoms with van der Waals surface area (Å²) in [6, 6.07) is 0.706. The highest BCUT2D eigenvalue weighted by Gasteiger charge is 2.36. The van der Waals surface area contributed by atoms with Gasteiger partial charge in [-0.2, -0.15) is 0 Å². The number of nitrogens with one attached hydrogen (secondary N) is 1. The maximum Gasteiger partial charge on any atom is 0.106 e. The molecule has 0 amide bonds. The van der Waals surface area contributed by atoms with E-state index in [4.69, 9.17) is 9.47 Å². The van der Waals surface area contributed by atoms with Gasteiger partial charge in [0, 0.05) is 32.7 Å². The Balaban J connectivity index is 1.81. The predicted octanol–water partition coefficient (Wildman–Crippen LogP) is 1.96. The largest absolute Gasteiger partial charge is 0.378 e. The van der Waals surface area contributed by atoms with Crippen molar-refractivity contribution in [1.29, 1.82) is 0 Å². The second-order valence-electron chi connectivity index (χ2n) is 5.28. The molecule has 2 fully saturated rings. The van der Waals surface area contributed by atoms with E-state index < -0.39 is 0 Å². The molecule has 0 radical (unpaired) electrons. The second-order valence-corrected chi connectivity index (χ2v) is 5.28. The Labute approximate surface area is 98.9 Å². The van der Waals surface area contributed by atoms with Crippen LogP contribution in [0.25, 0.3) is 0 Å². The van der Waals surface area contributed by atoms with Gasteiger partial charge in [0.05, 0.1) is 6.61 Å². The van der Waals surface area contributed by atoms with Gasteiger partial charge in [-0.1, -0.05) is 19.8 Å². The van der Waals surface area contributed by atoms with Crippen LogP contribution in [0.2, 0.25) is 0 Å². The first-order chi connectivity index (χ1) is 7.79. The van der Waals surface area contributed by atoms with Gasteiger partial charge >= 0.3 is 0 Å². The van der Waals surface area contributed by atoms with Crippen molar-refractivity contribution in [3.05, 3.63) is 0 Å². The number of methoxy groups -OCH3 is 1. The third kappa shape index (κ3) is 2.58. The molecule has 0 spiro atoms. The number of ether oxygens (including phenoxy) is 2. The highest BCUT2D eigenvalue weighted by molar-refractivity contribution is 4.90. The van der Waals surface area contributed by atoms with E-state index in [1.807, 2.05) is 7.11 Å². The predicted molar refractivity (Wildman–Crippen MR) is 64.6 cm³/mol. The molecule has 1 N–H and O–H groups in total. The molecule has 1 aliphatic carbocycles. The number of rotatable bonds is 5. The van der Waals surface area contributed by atoms with Crippen molar-refractivity contribution in [2.45, 2.75) is 50.7 Å². The summed E-state index contributed by atoms with van der Waals surface area (Å²) in [7, 11) is 1.81. The normalized spacial score (nSPS) is 39.4. The quantitative estimate of drug-likeness (QED) is 0.779. The van der Waals surface area contributed by atoms with Gasteiger partial charge in [0.2, 0.25) is 0 Å². The molecule has 2 rings (SSSR count). The fourth-order valence-electron chi connectivity index (χ4n) is 3.07. The van der Waals surface area contributed by atoms with Gasteiger partial charge < -0.3 is 14.8 Å². The van der Waals surface area contributed by atoms with E-state index in [0.717, 1.165) is 32.1 Å². The lowest BCUT2D eigenvalue weighted by atomic mass is 9.98. The Hall–Kier alpha value is -0.120. The SMILES string of the molecule is CCC1CCCC1NCC1(OC)CCOC1. The third-order valence-corrected chi connectivity index (χ3v) is 4.37. The average Bonchev–Trinajstić information content (AvgIpc) is 2.96. The van der Waals surface area contributed by atoms with E-state index >= 15 is 0 Å². The van der Waals surface area contributed by atoms with Crippen molar-refractivity contribution >= 4 is 0 Å². The van der Waals surface area contributed by atoms with Crippen LogP contribution in [-0.4, -0.2) is 38.5 Å². The maximum absolute atomic E-state index is 5.64. The van der Waals surface area contributed by atoms with Crippen molar-refractivity contribution in [3.63, 3.8) is 0 Å². The molecular weight excluding hydrogens is 202 g/mol. The summed E-state index contributed by atoms with van der Waals surface area (Å²) >= 11 is 0. The summed E-state index contributed by atoms with van der Waals surface area (Å²) in [5.41, 5.74) is -0.0547. The first kappa shape index (κ1) is 12.3. The monoisotopic (exact) mass is 227 g/mol. The zero-order valence-electron chi connectivity index (χ0n) is 10.6. The summed E-state index contributed by atoms with van der Waals surface area (Å²) in [5.74, 6) is 0.872. The average molecular weight is 227 g/mol. The molecule has 0 aromatic heterocycles. The smallest absolute Gasteiger partial charge is 0.106 e. The van der Waals surface area contributed by atoms with E-state index in [2.05, 4.69) is 12.2 Å². The molecule has 16 heavy (non-hydrogen) atoms. The highest BCUT2D eigenvalue weighted by atomic mass is 16.5. The van der Waals surface area contributed by atoms with E-state index in [0.29, 0.717) is 6.04 Å². The summed E-state index contributed by atoms with van der Waals surface area (Å²) < 4.78 is 11.1. The molecule has 1 aliphatic heterocycles. The van der Waals surface area contributed by atoms with Crippen LogP contribution in [0.3, 0.4) is 0 Å². The Morgan fingerprint density at radius 2 is 2.31 bits per heavy atom. The van der Waals surface area contributed by atoms with Crippen molar-refractivity contribution in [3.8, 4) is 0 Å². The van der Waals surface area contributed by atoms with Gasteiger partial charge in [0.15, 0.2) is 0 Å². The summed E-state index contributed by atoms with van der Waals surface area (Å²) in [4.78, 5) is 0. The van der Waals surface area contributed by atoms with Crippen LogP contribution in [0.1, 0.15) is 39.0 Å². The van der Waals surface area contributed by atoms with Gasteiger partial charge in [0.25, 0.3) is 0 Å². The van der Waals surface area contributed by atoms with Crippen LogP contribution in [0.15, 0.2) is 0 Å². The standard InChI is InChI=1S/C13H25NO2/c1-3-11-5-4-6-12(11)14-9-13(15-2)7-8-16-10-13/h11-12,14H,3-10H2,1-2H3. The Bertz CT molecular complexity index is 214. The van der Waals surface area contributed by atoms with E-state index in [1.54, 1.807) is 0 Å². The molecule has 0 bridgehead atoms. The van der Waals surface area contributed by atoms with Crippen LogP contribution in [-0.2, 0) is 9.47 Å². The molecular formula is C13H25NO2. The van der Waals surface area contributed by atoms with Crippen molar-refractivity contribution in [2.75, 3.05) is 26.9 Å². The summed E-state index contributed by atoms with van der Waals surface area (Å²) in [5, 5.41) is 3.71. The zero-order valence-corrected chi connectivity index (χ0v) is 10.6. The minimum atomic E-state index is -0.0547. The van der Waals surface area contributed by atoms with Gasteiger partial charge in [-0.25, -0.2) is 0 Å². The lowest BCUT2D eigenvalue weighted by Gasteiger charge is -2.29. The van der Waals surface area contributed by atoms with E-state index in [-0.39, 0.29) is 5.60 Å². The fraction of sp³-hybridized carbons (Fsp3) is 1.00. The minimum Gasteiger partial charge on any atom is -0.378 e. The molecule has 3 nitrogen and oxygen atoms in total. The molecule has 3 heteroatoms. The molecule has 0 aromatic carbocycles. The van der Waals surface area contributed by atoms with Crippen LogP contribution in [0.5, 0.6) is 0 Å². The van der Waals surface area contributed by atoms with Crippen molar-refractivity contribution in [1.82, 2.24) is 5.32 Å². The van der Waals surface area contributed by atoms with Gasteiger partial charge in [-0.05, 0) is 18.8 Å². The van der Waals surface area contributed by atoms with Gasteiger partial charge in [-0.15, -0.1) is 0 Å². The summed E-state index contributed by atoms with van der Waals surface area (Å²) in [6.45, 7) is 4.84. The Morgan fingerprint density at radius 3 is 2.94 bits per heavy atom. The Kier molecular flexibility index (Phi) is 4.22. The number of hydrogen-bond acceptors (Lipinski definition) is 3. The first-order valence-electron chi connectivity index (χ1n) is 6.66. The molecule has 0 aromatic rings. The maximum atomic E-state index is 5.64. The van der Waals surface area contributed by atoms with Crippen LogP contribution in [0.4, 0.5) is 0 Å².